The van der Waals surface area contributed by atoms with Crippen LogP contribution in [0, 0.1) is 5.92 Å². The van der Waals surface area contributed by atoms with Crippen LogP contribution in [0.5, 0.6) is 0 Å². The van der Waals surface area contributed by atoms with Crippen molar-refractivity contribution in [2.75, 3.05) is 28.7 Å². The molecule has 3 N–H and O–H groups in total. The minimum atomic E-state index is -0.158. The molecule has 0 radical (unpaired) electrons. The number of carbonyl (C=O) groups is 2. The standard InChI is InChI=1S/C16H21N3O2S/c20-15-3-1-2-12-8-13(4-5-14(12)19-15)18-16(21)17-9-11-6-7-22-10-11/h4-5,8,11H,1-3,6-7,9-10H2,(H,19,20)(H2,17,18,21)/t11-/m1/s1. The monoisotopic (exact) mass is 319 g/mol. The lowest BCUT2D eigenvalue weighted by atomic mass is 10.1. The smallest absolute Gasteiger partial charge is 0.319 e. The molecule has 22 heavy (non-hydrogen) atoms. The van der Waals surface area contributed by atoms with Crippen LogP contribution in [-0.2, 0) is 11.2 Å². The summed E-state index contributed by atoms with van der Waals surface area (Å²) in [6.07, 6.45) is 3.43. The van der Waals surface area contributed by atoms with Gasteiger partial charge in [0.25, 0.3) is 0 Å². The Labute approximate surface area is 134 Å². The average Bonchev–Trinajstić information content (AvgIpc) is 2.94. The van der Waals surface area contributed by atoms with E-state index in [0.717, 1.165) is 42.1 Å². The topological polar surface area (TPSA) is 70.2 Å². The molecule has 2 heterocycles. The summed E-state index contributed by atoms with van der Waals surface area (Å²) in [6, 6.07) is 5.48. The van der Waals surface area contributed by atoms with Gasteiger partial charge >= 0.3 is 6.03 Å². The Balaban J connectivity index is 1.57. The molecule has 3 rings (SSSR count). The quantitative estimate of drug-likeness (QED) is 0.802. The Kier molecular flexibility index (Phi) is 4.87. The summed E-state index contributed by atoms with van der Waals surface area (Å²) in [4.78, 5) is 23.5. The largest absolute Gasteiger partial charge is 0.338 e. The zero-order valence-corrected chi connectivity index (χ0v) is 13.3. The van der Waals surface area contributed by atoms with E-state index in [1.54, 1.807) is 0 Å². The lowest BCUT2D eigenvalue weighted by Gasteiger charge is -2.13. The molecule has 2 aliphatic heterocycles. The predicted molar refractivity (Wildman–Crippen MR) is 90.5 cm³/mol. The summed E-state index contributed by atoms with van der Waals surface area (Å²) in [5.74, 6) is 2.99. The highest BCUT2D eigenvalue weighted by Gasteiger charge is 2.17. The molecule has 6 heteroatoms. The lowest BCUT2D eigenvalue weighted by molar-refractivity contribution is -0.116. The van der Waals surface area contributed by atoms with E-state index in [-0.39, 0.29) is 11.9 Å². The Morgan fingerprint density at radius 3 is 3.09 bits per heavy atom. The highest BCUT2D eigenvalue weighted by molar-refractivity contribution is 7.99. The van der Waals surface area contributed by atoms with Crippen molar-refractivity contribution >= 4 is 35.1 Å². The van der Waals surface area contributed by atoms with E-state index >= 15 is 0 Å². The number of benzene rings is 1. The number of aryl methyl sites for hydroxylation is 1. The number of amides is 3. The van der Waals surface area contributed by atoms with Crippen molar-refractivity contribution in [1.82, 2.24) is 5.32 Å². The van der Waals surface area contributed by atoms with Crippen molar-refractivity contribution in [3.63, 3.8) is 0 Å². The first-order valence-electron chi connectivity index (χ1n) is 7.76. The van der Waals surface area contributed by atoms with Crippen molar-refractivity contribution < 1.29 is 9.59 Å². The Morgan fingerprint density at radius 1 is 1.36 bits per heavy atom. The molecular formula is C16H21N3O2S. The van der Waals surface area contributed by atoms with Gasteiger partial charge in [-0.3, -0.25) is 4.79 Å². The Hall–Kier alpha value is -1.69. The molecule has 1 atom stereocenters. The van der Waals surface area contributed by atoms with E-state index < -0.39 is 0 Å². The fraction of sp³-hybridized carbons (Fsp3) is 0.500. The van der Waals surface area contributed by atoms with Crippen LogP contribution in [-0.4, -0.2) is 30.0 Å². The third-order valence-electron chi connectivity index (χ3n) is 4.06. The molecule has 2 aliphatic rings. The number of hydrogen-bond donors (Lipinski definition) is 3. The molecule has 1 aromatic rings. The van der Waals surface area contributed by atoms with Crippen LogP contribution >= 0.6 is 11.8 Å². The van der Waals surface area contributed by atoms with Crippen LogP contribution in [0.15, 0.2) is 18.2 Å². The highest BCUT2D eigenvalue weighted by Crippen LogP contribution is 2.25. The molecule has 3 amide bonds. The van der Waals surface area contributed by atoms with Gasteiger partial charge in [-0.25, -0.2) is 4.79 Å². The van der Waals surface area contributed by atoms with Crippen molar-refractivity contribution in [3.8, 4) is 0 Å². The molecule has 118 valence electrons. The normalized spacial score (nSPS) is 20.7. The summed E-state index contributed by atoms with van der Waals surface area (Å²) >= 11 is 1.95. The minimum absolute atomic E-state index is 0.0617. The van der Waals surface area contributed by atoms with E-state index in [9.17, 15) is 9.59 Å². The first-order chi connectivity index (χ1) is 10.7. The molecule has 1 fully saturated rings. The second-order valence-electron chi connectivity index (χ2n) is 5.84. The molecule has 0 aromatic heterocycles. The Bertz CT molecular complexity index is 571. The van der Waals surface area contributed by atoms with Crippen molar-refractivity contribution in [1.29, 1.82) is 0 Å². The minimum Gasteiger partial charge on any atom is -0.338 e. The van der Waals surface area contributed by atoms with E-state index in [2.05, 4.69) is 16.0 Å². The fourth-order valence-corrected chi connectivity index (χ4v) is 4.09. The van der Waals surface area contributed by atoms with Crippen LogP contribution in [0.3, 0.4) is 0 Å². The molecule has 1 aromatic carbocycles. The van der Waals surface area contributed by atoms with E-state index in [1.165, 1.54) is 12.2 Å². The summed E-state index contributed by atoms with van der Waals surface area (Å²) in [5, 5.41) is 8.71. The van der Waals surface area contributed by atoms with Crippen LogP contribution < -0.4 is 16.0 Å². The van der Waals surface area contributed by atoms with Crippen LogP contribution in [0.1, 0.15) is 24.8 Å². The van der Waals surface area contributed by atoms with Crippen LogP contribution in [0.2, 0.25) is 0 Å². The third-order valence-corrected chi connectivity index (χ3v) is 5.29. The van der Waals surface area contributed by atoms with Gasteiger partial charge in [-0.2, -0.15) is 11.8 Å². The van der Waals surface area contributed by atoms with Crippen molar-refractivity contribution in [3.05, 3.63) is 23.8 Å². The lowest BCUT2D eigenvalue weighted by Crippen LogP contribution is -2.33. The van der Waals surface area contributed by atoms with Gasteiger partial charge in [-0.15, -0.1) is 0 Å². The SMILES string of the molecule is O=C1CCCc2cc(NC(=O)NC[C@H]3CCSC3)ccc2N1. The van der Waals surface area contributed by atoms with Gasteiger partial charge < -0.3 is 16.0 Å². The average molecular weight is 319 g/mol. The number of hydrogen-bond acceptors (Lipinski definition) is 3. The van der Waals surface area contributed by atoms with Crippen LogP contribution in [0.4, 0.5) is 16.2 Å². The molecule has 0 saturated carbocycles. The number of fused-ring (bicyclic) bond motifs is 1. The number of carbonyl (C=O) groups excluding carboxylic acids is 2. The summed E-state index contributed by atoms with van der Waals surface area (Å²) in [7, 11) is 0. The van der Waals surface area contributed by atoms with Gasteiger partial charge in [0.1, 0.15) is 0 Å². The summed E-state index contributed by atoms with van der Waals surface area (Å²) in [5.41, 5.74) is 2.71. The van der Waals surface area contributed by atoms with E-state index in [4.69, 9.17) is 0 Å². The maximum atomic E-state index is 12.0. The van der Waals surface area contributed by atoms with Gasteiger partial charge in [0, 0.05) is 24.3 Å². The van der Waals surface area contributed by atoms with Gasteiger partial charge in [-0.05, 0) is 60.4 Å². The molecule has 0 spiro atoms. The van der Waals surface area contributed by atoms with Crippen molar-refractivity contribution in [2.45, 2.75) is 25.7 Å². The fourth-order valence-electron chi connectivity index (χ4n) is 2.81. The second-order valence-corrected chi connectivity index (χ2v) is 6.99. The number of thioether (sulfide) groups is 1. The first kappa shape index (κ1) is 15.2. The molecule has 0 aliphatic carbocycles. The number of rotatable bonds is 3. The van der Waals surface area contributed by atoms with Crippen LogP contribution in [0.25, 0.3) is 0 Å². The number of anilines is 2. The van der Waals surface area contributed by atoms with Gasteiger partial charge in [-0.1, -0.05) is 0 Å². The van der Waals surface area contributed by atoms with E-state index in [1.807, 2.05) is 30.0 Å². The number of urea groups is 1. The van der Waals surface area contributed by atoms with E-state index in [0.29, 0.717) is 12.3 Å². The predicted octanol–water partition coefficient (Wildman–Crippen LogP) is 2.84. The first-order valence-corrected chi connectivity index (χ1v) is 8.91. The second kappa shape index (κ2) is 7.05. The number of nitrogens with one attached hydrogen (secondary N) is 3. The zero-order valence-electron chi connectivity index (χ0n) is 12.5. The summed E-state index contributed by atoms with van der Waals surface area (Å²) < 4.78 is 0. The van der Waals surface area contributed by atoms with Crippen molar-refractivity contribution in [2.24, 2.45) is 5.92 Å². The third kappa shape index (κ3) is 3.94. The van der Waals surface area contributed by atoms with Gasteiger partial charge in [0.05, 0.1) is 0 Å². The Morgan fingerprint density at radius 2 is 2.27 bits per heavy atom. The maximum Gasteiger partial charge on any atom is 0.319 e. The molecule has 1 saturated heterocycles. The summed E-state index contributed by atoms with van der Waals surface area (Å²) in [6.45, 7) is 0.736. The van der Waals surface area contributed by atoms with Gasteiger partial charge in [0.2, 0.25) is 5.91 Å². The molecular weight excluding hydrogens is 298 g/mol. The van der Waals surface area contributed by atoms with Gasteiger partial charge in [0.15, 0.2) is 0 Å². The molecule has 0 bridgehead atoms. The maximum absolute atomic E-state index is 12.0. The zero-order chi connectivity index (χ0) is 15.4. The highest BCUT2D eigenvalue weighted by atomic mass is 32.2. The molecule has 0 unspecified atom stereocenters. The molecule has 5 nitrogen and oxygen atoms in total.